The van der Waals surface area contributed by atoms with Crippen LogP contribution in [0.25, 0.3) is 0 Å². The Kier molecular flexibility index (Phi) is 15.5. The number of hydrogen-bond acceptors (Lipinski definition) is 11. The Bertz CT molecular complexity index is 1060. The molecule has 270 valence electrons. The van der Waals surface area contributed by atoms with E-state index in [4.69, 9.17) is 23.8 Å². The Balaban J connectivity index is 1.74. The van der Waals surface area contributed by atoms with Gasteiger partial charge in [-0.3, -0.25) is 14.5 Å². The zero-order valence-electron chi connectivity index (χ0n) is 30.0. The van der Waals surface area contributed by atoms with Gasteiger partial charge in [-0.15, -0.1) is 0 Å². The first-order chi connectivity index (χ1) is 22.2. The highest BCUT2D eigenvalue weighted by atomic mass is 16.7. The van der Waals surface area contributed by atoms with Crippen LogP contribution in [-0.2, 0) is 28.6 Å². The second kappa shape index (κ2) is 18.4. The third-order valence-electron chi connectivity index (χ3n) is 10.0. The van der Waals surface area contributed by atoms with Crippen LogP contribution in [0.2, 0.25) is 0 Å². The van der Waals surface area contributed by atoms with Gasteiger partial charge in [0.1, 0.15) is 12.2 Å². The number of carbonyl (C=O) groups excluding carboxylic acids is 1. The topological polar surface area (TPSA) is 134 Å². The first-order valence-corrected chi connectivity index (χ1v) is 17.4. The number of hydroxylamine groups is 2. The molecule has 0 aromatic carbocycles. The van der Waals surface area contributed by atoms with E-state index in [0.29, 0.717) is 32.3 Å². The van der Waals surface area contributed by atoms with Gasteiger partial charge in [0.25, 0.3) is 0 Å². The Morgan fingerprint density at radius 3 is 2.57 bits per heavy atom. The second-order valence-corrected chi connectivity index (χ2v) is 14.2. The van der Waals surface area contributed by atoms with Gasteiger partial charge in [-0.25, -0.2) is 0 Å². The van der Waals surface area contributed by atoms with E-state index >= 15 is 0 Å². The van der Waals surface area contributed by atoms with Gasteiger partial charge >= 0.3 is 5.97 Å². The van der Waals surface area contributed by atoms with Gasteiger partial charge in [0.2, 0.25) is 0 Å². The number of methoxy groups -OCH3 is 2. The normalized spacial score (nSPS) is 35.4. The summed E-state index contributed by atoms with van der Waals surface area (Å²) in [7, 11) is 3.37. The van der Waals surface area contributed by atoms with Gasteiger partial charge in [-0.05, 0) is 45.6 Å². The summed E-state index contributed by atoms with van der Waals surface area (Å²) in [6, 6.07) is 0. The van der Waals surface area contributed by atoms with Gasteiger partial charge in [-0.1, -0.05) is 51.2 Å². The van der Waals surface area contributed by atoms with E-state index in [9.17, 15) is 20.1 Å². The summed E-state index contributed by atoms with van der Waals surface area (Å²) in [5.41, 5.74) is -1.05. The zero-order valence-corrected chi connectivity index (χ0v) is 30.0. The molecule has 3 rings (SSSR count). The Hall–Kier alpha value is -1.67. The van der Waals surface area contributed by atoms with E-state index < -0.39 is 41.6 Å². The molecule has 0 bridgehead atoms. The van der Waals surface area contributed by atoms with E-state index in [1.165, 1.54) is 0 Å². The van der Waals surface area contributed by atoms with Gasteiger partial charge in [-0.2, -0.15) is 5.06 Å². The van der Waals surface area contributed by atoms with Crippen LogP contribution >= 0.6 is 0 Å². The number of epoxide rings is 1. The summed E-state index contributed by atoms with van der Waals surface area (Å²) in [5.74, 6) is -0.671. The zero-order chi connectivity index (χ0) is 34.8. The molecule has 3 aliphatic rings. The lowest BCUT2D eigenvalue weighted by atomic mass is 9.88. The lowest BCUT2D eigenvalue weighted by Crippen LogP contribution is -2.52. The summed E-state index contributed by atoms with van der Waals surface area (Å²) in [5, 5.41) is 34.0. The minimum atomic E-state index is -1.11. The Morgan fingerprint density at radius 1 is 1.23 bits per heavy atom. The van der Waals surface area contributed by atoms with Crippen molar-refractivity contribution in [2.24, 2.45) is 11.8 Å². The fraction of sp³-hybridized carbons (Fsp3) is 0.806. The predicted molar refractivity (Wildman–Crippen MR) is 180 cm³/mol. The van der Waals surface area contributed by atoms with Crippen molar-refractivity contribution in [1.82, 2.24) is 9.96 Å². The molecule has 11 heteroatoms. The molecule has 0 aliphatic carbocycles. The second-order valence-electron chi connectivity index (χ2n) is 14.2. The molecule has 3 aliphatic heterocycles. The van der Waals surface area contributed by atoms with Crippen LogP contribution in [0.3, 0.4) is 0 Å². The first-order valence-electron chi connectivity index (χ1n) is 17.4. The van der Waals surface area contributed by atoms with Gasteiger partial charge in [0.05, 0.1) is 48.6 Å². The molecule has 0 saturated carbocycles. The smallest absolute Gasteiger partial charge is 0.309 e. The van der Waals surface area contributed by atoms with Crippen LogP contribution in [0.5, 0.6) is 0 Å². The standard InChI is InChI=1S/C36H62N2O9/c1-9-29(40)27(4)34-30(45-34)24-35(5,42)15-10-11-25(2)33-26(3)12-13-31(47-38-19-17-37(18-20-38)21-22-43-7)36(6,44-8)16-14-28(39)23-32(41)46-33/h10-13,15,26-31,33-34,39-40,42H,9,14,16-24H2,1-8H3/b13-12+,15-10+,25-11+. The molecular formula is C36H62N2O9. The predicted octanol–water partition coefficient (Wildman–Crippen LogP) is 3.42. The van der Waals surface area contributed by atoms with Crippen LogP contribution in [0.1, 0.15) is 73.6 Å². The van der Waals surface area contributed by atoms with Crippen molar-refractivity contribution < 1.29 is 43.9 Å². The van der Waals surface area contributed by atoms with Crippen LogP contribution in [0.15, 0.2) is 36.0 Å². The molecule has 0 aromatic heterocycles. The molecule has 0 amide bonds. The summed E-state index contributed by atoms with van der Waals surface area (Å²) >= 11 is 0. The number of esters is 1. The number of cyclic esters (lactones) is 1. The van der Waals surface area contributed by atoms with Crippen molar-refractivity contribution in [2.75, 3.05) is 53.6 Å². The number of nitrogens with zero attached hydrogens (tertiary/aromatic N) is 2. The highest BCUT2D eigenvalue weighted by Gasteiger charge is 2.47. The van der Waals surface area contributed by atoms with Crippen molar-refractivity contribution in [3.05, 3.63) is 36.0 Å². The SMILES string of the molecule is CCC(O)C(C)C1OC1CC(C)(O)/C=C/C=C(\C)C1OC(=O)CC(O)CCC(C)(OC)C(ON2CCN(CCOC)CC2)/C=C/C1C. The number of ether oxygens (including phenoxy) is 4. The number of aliphatic hydroxyl groups is 3. The molecular weight excluding hydrogens is 604 g/mol. The quantitative estimate of drug-likeness (QED) is 0.109. The van der Waals surface area contributed by atoms with E-state index in [2.05, 4.69) is 4.90 Å². The summed E-state index contributed by atoms with van der Waals surface area (Å²) in [6.07, 6.45) is 8.69. The summed E-state index contributed by atoms with van der Waals surface area (Å²) in [6.45, 7) is 16.3. The van der Waals surface area contributed by atoms with E-state index in [1.54, 1.807) is 33.3 Å². The number of hydrogen-bond donors (Lipinski definition) is 3. The molecule has 2 saturated heterocycles. The molecule has 0 aromatic rings. The van der Waals surface area contributed by atoms with Gasteiger partial charge < -0.3 is 34.3 Å². The van der Waals surface area contributed by atoms with Crippen LogP contribution < -0.4 is 0 Å². The minimum Gasteiger partial charge on any atom is -0.457 e. The molecule has 10 unspecified atom stereocenters. The number of carbonyl (C=O) groups is 1. The molecule has 11 nitrogen and oxygen atoms in total. The van der Waals surface area contributed by atoms with E-state index in [0.717, 1.165) is 38.3 Å². The molecule has 2 fully saturated rings. The summed E-state index contributed by atoms with van der Waals surface area (Å²) in [4.78, 5) is 21.9. The average Bonchev–Trinajstić information content (AvgIpc) is 3.80. The maximum absolute atomic E-state index is 12.9. The summed E-state index contributed by atoms with van der Waals surface area (Å²) < 4.78 is 23.0. The Morgan fingerprint density at radius 2 is 1.94 bits per heavy atom. The highest BCUT2D eigenvalue weighted by Crippen LogP contribution is 2.37. The fourth-order valence-corrected chi connectivity index (χ4v) is 6.43. The van der Waals surface area contributed by atoms with Crippen LogP contribution in [0.4, 0.5) is 0 Å². The molecule has 3 N–H and O–H groups in total. The van der Waals surface area contributed by atoms with Crippen molar-refractivity contribution >= 4 is 5.97 Å². The maximum Gasteiger partial charge on any atom is 0.309 e. The largest absolute Gasteiger partial charge is 0.457 e. The Labute approximate surface area is 282 Å². The highest BCUT2D eigenvalue weighted by molar-refractivity contribution is 5.70. The van der Waals surface area contributed by atoms with E-state index in [1.807, 2.05) is 57.9 Å². The van der Waals surface area contributed by atoms with E-state index in [-0.39, 0.29) is 30.5 Å². The molecule has 3 heterocycles. The molecule has 0 radical (unpaired) electrons. The number of aliphatic hydroxyl groups excluding tert-OH is 2. The number of piperazine rings is 1. The van der Waals surface area contributed by atoms with Crippen molar-refractivity contribution in [3.8, 4) is 0 Å². The maximum atomic E-state index is 12.9. The molecule has 47 heavy (non-hydrogen) atoms. The molecule has 0 spiro atoms. The van der Waals surface area contributed by atoms with Crippen molar-refractivity contribution in [1.29, 1.82) is 0 Å². The third-order valence-corrected chi connectivity index (χ3v) is 10.0. The van der Waals surface area contributed by atoms with Gasteiger partial charge in [0.15, 0.2) is 0 Å². The third kappa shape index (κ3) is 12.3. The van der Waals surface area contributed by atoms with Crippen LogP contribution in [-0.4, -0.2) is 133 Å². The lowest BCUT2D eigenvalue weighted by Gasteiger charge is -2.41. The first kappa shape index (κ1) is 39.8. The monoisotopic (exact) mass is 666 g/mol. The van der Waals surface area contributed by atoms with Crippen LogP contribution in [0, 0.1) is 11.8 Å². The lowest BCUT2D eigenvalue weighted by molar-refractivity contribution is -0.245. The average molecular weight is 667 g/mol. The van der Waals surface area contributed by atoms with Crippen molar-refractivity contribution in [3.63, 3.8) is 0 Å². The minimum absolute atomic E-state index is 0.0128. The fourth-order valence-electron chi connectivity index (χ4n) is 6.43. The van der Waals surface area contributed by atoms with Crippen molar-refractivity contribution in [2.45, 2.75) is 121 Å². The number of allylic oxidation sites excluding steroid dienone is 2. The molecule has 10 atom stereocenters. The number of rotatable bonds is 14. The van der Waals surface area contributed by atoms with Gasteiger partial charge in [0, 0.05) is 65.2 Å².